The molecule has 0 unspecified atom stereocenters. The van der Waals surface area contributed by atoms with Crippen LogP contribution in [0.5, 0.6) is 0 Å². The number of hydrogen-bond donors (Lipinski definition) is 1. The second kappa shape index (κ2) is 6.67. The predicted molar refractivity (Wildman–Crippen MR) is 78.2 cm³/mol. The lowest BCUT2D eigenvalue weighted by atomic mass is 10.2. The van der Waals surface area contributed by atoms with E-state index in [1.807, 2.05) is 13.8 Å². The van der Waals surface area contributed by atoms with Crippen molar-refractivity contribution in [3.8, 4) is 0 Å². The molecule has 0 bridgehead atoms. The van der Waals surface area contributed by atoms with Gasteiger partial charge in [0.15, 0.2) is 4.21 Å². The average Bonchev–Trinajstić information content (AvgIpc) is 2.64. The summed E-state index contributed by atoms with van der Waals surface area (Å²) >= 11 is 0.766. The first-order valence-corrected chi connectivity index (χ1v) is 8.78. The first kappa shape index (κ1) is 16.4. The van der Waals surface area contributed by atoms with Gasteiger partial charge in [-0.3, -0.25) is 4.79 Å². The zero-order valence-electron chi connectivity index (χ0n) is 11.9. The van der Waals surface area contributed by atoms with Gasteiger partial charge in [-0.1, -0.05) is 31.1 Å². The van der Waals surface area contributed by atoms with Gasteiger partial charge in [-0.2, -0.15) is 4.31 Å². The van der Waals surface area contributed by atoms with E-state index in [2.05, 4.69) is 11.9 Å². The lowest BCUT2D eigenvalue weighted by Crippen LogP contribution is -2.37. The number of nitrogens with one attached hydrogen (secondary N) is 1. The molecule has 1 rings (SSSR count). The van der Waals surface area contributed by atoms with Crippen molar-refractivity contribution >= 4 is 21.4 Å². The Morgan fingerprint density at radius 1 is 1.32 bits per heavy atom. The van der Waals surface area contributed by atoms with Gasteiger partial charge in [-0.25, -0.2) is 8.42 Å². The molecule has 19 heavy (non-hydrogen) atoms. The molecule has 0 aliphatic carbocycles. The Hall–Kier alpha value is -0.660. The van der Waals surface area contributed by atoms with E-state index in [9.17, 15) is 13.2 Å². The minimum atomic E-state index is -3.57. The fraction of sp³-hybridized carbons (Fsp3) is 0.750. The van der Waals surface area contributed by atoms with E-state index in [1.54, 1.807) is 6.92 Å². The molecule has 5 nitrogen and oxygen atoms in total. The SMILES string of the molecule is CCCCCN(C(C)C)S(=O)(=O)c1sc(=O)[nH]c1C. The van der Waals surface area contributed by atoms with Crippen molar-refractivity contribution in [2.75, 3.05) is 6.54 Å². The van der Waals surface area contributed by atoms with Gasteiger partial charge in [-0.15, -0.1) is 0 Å². The number of thiazole rings is 1. The van der Waals surface area contributed by atoms with E-state index in [-0.39, 0.29) is 15.1 Å². The summed E-state index contributed by atoms with van der Waals surface area (Å²) in [5, 5.41) is 0. The van der Waals surface area contributed by atoms with Gasteiger partial charge in [0, 0.05) is 18.3 Å². The predicted octanol–water partition coefficient (Wildman–Crippen LogP) is 2.33. The number of aryl methyl sites for hydroxylation is 1. The van der Waals surface area contributed by atoms with Crippen molar-refractivity contribution in [1.82, 2.24) is 9.29 Å². The summed E-state index contributed by atoms with van der Waals surface area (Å²) in [4.78, 5) is 13.5. The molecule has 0 saturated carbocycles. The van der Waals surface area contributed by atoms with Crippen LogP contribution in [0.2, 0.25) is 0 Å². The Bertz CT molecular complexity index is 558. The van der Waals surface area contributed by atoms with Crippen LogP contribution in [0.25, 0.3) is 0 Å². The third-order valence-electron chi connectivity index (χ3n) is 2.88. The van der Waals surface area contributed by atoms with Crippen molar-refractivity contribution in [2.24, 2.45) is 0 Å². The number of H-pyrrole nitrogens is 1. The third kappa shape index (κ3) is 3.90. The fourth-order valence-electron chi connectivity index (χ4n) is 1.92. The van der Waals surface area contributed by atoms with Crippen LogP contribution < -0.4 is 4.87 Å². The minimum absolute atomic E-state index is 0.113. The molecule has 1 heterocycles. The largest absolute Gasteiger partial charge is 0.315 e. The summed E-state index contributed by atoms with van der Waals surface area (Å²) in [6.45, 7) is 7.91. The molecule has 1 aromatic rings. The number of unbranched alkanes of at least 4 members (excludes halogenated alkanes) is 2. The molecule has 0 aliphatic heterocycles. The van der Waals surface area contributed by atoms with Crippen LogP contribution in [0, 0.1) is 6.92 Å². The number of aromatic nitrogens is 1. The van der Waals surface area contributed by atoms with Crippen molar-refractivity contribution < 1.29 is 8.42 Å². The minimum Gasteiger partial charge on any atom is -0.315 e. The normalized spacial score (nSPS) is 12.5. The molecule has 110 valence electrons. The number of rotatable bonds is 7. The molecular weight excluding hydrogens is 284 g/mol. The summed E-state index contributed by atoms with van der Waals surface area (Å²) in [6.07, 6.45) is 2.88. The molecule has 0 atom stereocenters. The Kier molecular flexibility index (Phi) is 5.76. The van der Waals surface area contributed by atoms with Crippen LogP contribution in [-0.2, 0) is 10.0 Å². The van der Waals surface area contributed by atoms with Crippen LogP contribution in [0.1, 0.15) is 45.7 Å². The number of nitrogens with zero attached hydrogens (tertiary/aromatic N) is 1. The van der Waals surface area contributed by atoms with Crippen LogP contribution in [-0.4, -0.2) is 30.3 Å². The topological polar surface area (TPSA) is 70.2 Å². The molecule has 0 saturated heterocycles. The van der Waals surface area contributed by atoms with Crippen molar-refractivity contribution in [2.45, 2.75) is 57.2 Å². The molecule has 7 heteroatoms. The standard InChI is InChI=1S/C12H22N2O3S2/c1-5-6-7-8-14(9(2)3)19(16,17)11-10(4)13-12(15)18-11/h9H,5-8H2,1-4H3,(H,13,15). The Morgan fingerprint density at radius 3 is 2.37 bits per heavy atom. The van der Waals surface area contributed by atoms with Gasteiger partial charge >= 0.3 is 4.87 Å². The van der Waals surface area contributed by atoms with Gasteiger partial charge < -0.3 is 4.98 Å². The highest BCUT2D eigenvalue weighted by molar-refractivity contribution is 7.91. The van der Waals surface area contributed by atoms with Crippen LogP contribution in [0.3, 0.4) is 0 Å². The van der Waals surface area contributed by atoms with E-state index in [4.69, 9.17) is 0 Å². The molecule has 0 fully saturated rings. The first-order chi connectivity index (χ1) is 8.80. The molecule has 1 N–H and O–H groups in total. The van der Waals surface area contributed by atoms with Crippen molar-refractivity contribution in [1.29, 1.82) is 0 Å². The molecule has 1 aromatic heterocycles. The quantitative estimate of drug-likeness (QED) is 0.786. The highest BCUT2D eigenvalue weighted by Crippen LogP contribution is 2.23. The van der Waals surface area contributed by atoms with Gasteiger partial charge in [0.25, 0.3) is 10.0 Å². The third-order valence-corrected chi connectivity index (χ3v) is 6.54. The molecule has 0 spiro atoms. The van der Waals surface area contributed by atoms with E-state index >= 15 is 0 Å². The van der Waals surface area contributed by atoms with Gasteiger partial charge in [0.05, 0.1) is 0 Å². The molecule has 0 aromatic carbocycles. The van der Waals surface area contributed by atoms with E-state index in [1.165, 1.54) is 4.31 Å². The smallest absolute Gasteiger partial charge is 0.305 e. The second-order valence-electron chi connectivity index (χ2n) is 4.84. The maximum Gasteiger partial charge on any atom is 0.305 e. The van der Waals surface area contributed by atoms with Crippen LogP contribution in [0.4, 0.5) is 0 Å². The van der Waals surface area contributed by atoms with E-state index in [0.29, 0.717) is 12.2 Å². The van der Waals surface area contributed by atoms with Gasteiger partial charge in [-0.05, 0) is 27.2 Å². The first-order valence-electron chi connectivity index (χ1n) is 6.52. The highest BCUT2D eigenvalue weighted by Gasteiger charge is 2.30. The summed E-state index contributed by atoms with van der Waals surface area (Å²) in [5.74, 6) is 0. The lowest BCUT2D eigenvalue weighted by molar-refractivity contribution is 0.346. The molecular formula is C12H22N2O3S2. The lowest BCUT2D eigenvalue weighted by Gasteiger charge is -2.25. The average molecular weight is 306 g/mol. The summed E-state index contributed by atoms with van der Waals surface area (Å²) in [5.41, 5.74) is 0.427. The molecule has 0 aliphatic rings. The molecule has 0 amide bonds. The Balaban J connectivity index is 3.06. The maximum atomic E-state index is 12.6. The van der Waals surface area contributed by atoms with Crippen LogP contribution in [0.15, 0.2) is 9.00 Å². The monoisotopic (exact) mass is 306 g/mol. The summed E-state index contributed by atoms with van der Waals surface area (Å²) in [7, 11) is -3.57. The van der Waals surface area contributed by atoms with Gasteiger partial charge in [0.2, 0.25) is 0 Å². The number of aromatic amines is 1. The zero-order valence-corrected chi connectivity index (χ0v) is 13.5. The second-order valence-corrected chi connectivity index (χ2v) is 7.91. The van der Waals surface area contributed by atoms with Crippen molar-refractivity contribution in [3.63, 3.8) is 0 Å². The van der Waals surface area contributed by atoms with E-state index in [0.717, 1.165) is 30.6 Å². The fourth-order valence-corrected chi connectivity index (χ4v) is 5.00. The van der Waals surface area contributed by atoms with E-state index < -0.39 is 10.0 Å². The summed E-state index contributed by atoms with van der Waals surface area (Å²) < 4.78 is 26.8. The summed E-state index contributed by atoms with van der Waals surface area (Å²) in [6, 6.07) is -0.113. The molecule has 0 radical (unpaired) electrons. The maximum absolute atomic E-state index is 12.6. The number of sulfonamides is 1. The van der Waals surface area contributed by atoms with Crippen LogP contribution >= 0.6 is 11.3 Å². The number of hydrogen-bond acceptors (Lipinski definition) is 4. The Labute approximate surface area is 118 Å². The Morgan fingerprint density at radius 2 is 1.95 bits per heavy atom. The van der Waals surface area contributed by atoms with Gasteiger partial charge in [0.1, 0.15) is 0 Å². The van der Waals surface area contributed by atoms with Crippen molar-refractivity contribution in [3.05, 3.63) is 15.4 Å². The zero-order chi connectivity index (χ0) is 14.6. The highest BCUT2D eigenvalue weighted by atomic mass is 32.2.